The zero-order valence-electron chi connectivity index (χ0n) is 11.9. The predicted octanol–water partition coefficient (Wildman–Crippen LogP) is 1.73. The zero-order valence-corrected chi connectivity index (χ0v) is 11.9. The molecule has 0 radical (unpaired) electrons. The third kappa shape index (κ3) is 3.35. The molecule has 0 aliphatic carbocycles. The average molecular weight is 282 g/mol. The maximum atomic E-state index is 4.55. The second-order valence-electron chi connectivity index (χ2n) is 4.79. The van der Waals surface area contributed by atoms with Gasteiger partial charge in [0.05, 0.1) is 11.0 Å². The zero-order chi connectivity index (χ0) is 14.5. The van der Waals surface area contributed by atoms with E-state index in [-0.39, 0.29) is 0 Å². The van der Waals surface area contributed by atoms with Crippen LogP contribution in [-0.2, 0) is 13.0 Å². The standard InChI is InChI=1S/C15H18N6/c1-16-15-18-9-11(10-19-15)8-17-7-6-14-20-12-4-2-3-5-13(12)21-14/h2-5,9-10,17H,6-8H2,1H3,(H,20,21)(H,16,18,19). The van der Waals surface area contributed by atoms with Gasteiger partial charge in [-0.15, -0.1) is 0 Å². The maximum Gasteiger partial charge on any atom is 0.222 e. The summed E-state index contributed by atoms with van der Waals surface area (Å²) in [6.45, 7) is 1.61. The van der Waals surface area contributed by atoms with Gasteiger partial charge in [-0.3, -0.25) is 0 Å². The summed E-state index contributed by atoms with van der Waals surface area (Å²) < 4.78 is 0. The molecule has 0 saturated carbocycles. The summed E-state index contributed by atoms with van der Waals surface area (Å²) >= 11 is 0. The summed E-state index contributed by atoms with van der Waals surface area (Å²) in [5, 5.41) is 6.27. The first-order valence-corrected chi connectivity index (χ1v) is 6.98. The minimum Gasteiger partial charge on any atom is -0.357 e. The van der Waals surface area contributed by atoms with E-state index < -0.39 is 0 Å². The minimum absolute atomic E-state index is 0.640. The van der Waals surface area contributed by atoms with Crippen molar-refractivity contribution in [3.8, 4) is 0 Å². The Morgan fingerprint density at radius 2 is 1.95 bits per heavy atom. The number of fused-ring (bicyclic) bond motifs is 1. The lowest BCUT2D eigenvalue weighted by molar-refractivity contribution is 0.671. The fraction of sp³-hybridized carbons (Fsp3) is 0.267. The molecule has 0 fully saturated rings. The van der Waals surface area contributed by atoms with Gasteiger partial charge in [0.1, 0.15) is 5.82 Å². The molecule has 2 heterocycles. The number of para-hydroxylation sites is 2. The molecule has 0 amide bonds. The van der Waals surface area contributed by atoms with Crippen LogP contribution in [0, 0.1) is 0 Å². The molecular formula is C15H18N6. The Bertz CT molecular complexity index is 671. The Hall–Kier alpha value is -2.47. The number of nitrogens with one attached hydrogen (secondary N) is 3. The molecule has 3 rings (SSSR count). The molecule has 0 bridgehead atoms. The van der Waals surface area contributed by atoms with Crippen LogP contribution in [0.5, 0.6) is 0 Å². The van der Waals surface area contributed by atoms with E-state index in [1.165, 1.54) is 0 Å². The lowest BCUT2D eigenvalue weighted by Gasteiger charge is -2.04. The van der Waals surface area contributed by atoms with E-state index in [9.17, 15) is 0 Å². The van der Waals surface area contributed by atoms with E-state index >= 15 is 0 Å². The highest BCUT2D eigenvalue weighted by atomic mass is 15.1. The number of nitrogens with zero attached hydrogens (tertiary/aromatic N) is 3. The largest absolute Gasteiger partial charge is 0.357 e. The number of rotatable bonds is 6. The van der Waals surface area contributed by atoms with Crippen molar-refractivity contribution in [3.63, 3.8) is 0 Å². The fourth-order valence-corrected chi connectivity index (χ4v) is 2.14. The monoisotopic (exact) mass is 282 g/mol. The van der Waals surface area contributed by atoms with E-state index in [4.69, 9.17) is 0 Å². The van der Waals surface area contributed by atoms with E-state index in [0.29, 0.717) is 5.95 Å². The molecule has 0 atom stereocenters. The lowest BCUT2D eigenvalue weighted by atomic mass is 10.3. The van der Waals surface area contributed by atoms with Crippen LogP contribution in [-0.4, -0.2) is 33.5 Å². The fourth-order valence-electron chi connectivity index (χ4n) is 2.14. The van der Waals surface area contributed by atoms with Crippen molar-refractivity contribution < 1.29 is 0 Å². The van der Waals surface area contributed by atoms with Gasteiger partial charge in [-0.25, -0.2) is 15.0 Å². The van der Waals surface area contributed by atoms with Crippen LogP contribution in [0.3, 0.4) is 0 Å². The third-order valence-electron chi connectivity index (χ3n) is 3.24. The van der Waals surface area contributed by atoms with Gasteiger partial charge < -0.3 is 15.6 Å². The topological polar surface area (TPSA) is 78.5 Å². The smallest absolute Gasteiger partial charge is 0.222 e. The molecule has 0 saturated heterocycles. The number of H-pyrrole nitrogens is 1. The highest BCUT2D eigenvalue weighted by molar-refractivity contribution is 5.74. The molecule has 1 aromatic carbocycles. The van der Waals surface area contributed by atoms with Gasteiger partial charge >= 0.3 is 0 Å². The van der Waals surface area contributed by atoms with Crippen LogP contribution in [0.1, 0.15) is 11.4 Å². The molecule has 6 heteroatoms. The van der Waals surface area contributed by atoms with Crippen molar-refractivity contribution in [1.82, 2.24) is 25.3 Å². The average Bonchev–Trinajstić information content (AvgIpc) is 2.95. The summed E-state index contributed by atoms with van der Waals surface area (Å²) in [4.78, 5) is 16.2. The SMILES string of the molecule is CNc1ncc(CNCCc2nc3ccccc3[nH]2)cn1. The molecule has 0 aliphatic heterocycles. The van der Waals surface area contributed by atoms with Crippen molar-refractivity contribution >= 4 is 17.0 Å². The molecule has 3 aromatic rings. The van der Waals surface area contributed by atoms with Gasteiger partial charge in [0.15, 0.2) is 0 Å². The second-order valence-corrected chi connectivity index (χ2v) is 4.79. The van der Waals surface area contributed by atoms with E-state index in [1.807, 2.05) is 36.7 Å². The van der Waals surface area contributed by atoms with Crippen molar-refractivity contribution in [1.29, 1.82) is 0 Å². The third-order valence-corrected chi connectivity index (χ3v) is 3.24. The first-order chi connectivity index (χ1) is 10.3. The van der Waals surface area contributed by atoms with Crippen LogP contribution in [0.2, 0.25) is 0 Å². The van der Waals surface area contributed by atoms with E-state index in [2.05, 4.69) is 30.6 Å². The maximum absolute atomic E-state index is 4.55. The summed E-state index contributed by atoms with van der Waals surface area (Å²) in [5.74, 6) is 1.64. The van der Waals surface area contributed by atoms with Gasteiger partial charge in [0.2, 0.25) is 5.95 Å². The van der Waals surface area contributed by atoms with Crippen LogP contribution in [0.25, 0.3) is 11.0 Å². The summed E-state index contributed by atoms with van der Waals surface area (Å²) in [6.07, 6.45) is 4.52. The van der Waals surface area contributed by atoms with Crippen LogP contribution >= 0.6 is 0 Å². The van der Waals surface area contributed by atoms with Crippen molar-refractivity contribution in [2.24, 2.45) is 0 Å². The summed E-state index contributed by atoms with van der Waals surface area (Å²) in [7, 11) is 1.81. The van der Waals surface area contributed by atoms with Gasteiger partial charge in [-0.2, -0.15) is 0 Å². The quantitative estimate of drug-likeness (QED) is 0.600. The van der Waals surface area contributed by atoms with Crippen molar-refractivity contribution in [2.45, 2.75) is 13.0 Å². The van der Waals surface area contributed by atoms with E-state index in [1.54, 1.807) is 7.05 Å². The Morgan fingerprint density at radius 1 is 1.14 bits per heavy atom. The molecule has 21 heavy (non-hydrogen) atoms. The highest BCUT2D eigenvalue weighted by Crippen LogP contribution is 2.10. The highest BCUT2D eigenvalue weighted by Gasteiger charge is 2.01. The van der Waals surface area contributed by atoms with Gasteiger partial charge in [0, 0.05) is 44.5 Å². The number of anilines is 1. The first kappa shape index (κ1) is 13.5. The van der Waals surface area contributed by atoms with Crippen LogP contribution in [0.4, 0.5) is 5.95 Å². The number of aromatic nitrogens is 4. The number of imidazole rings is 1. The first-order valence-electron chi connectivity index (χ1n) is 6.98. The van der Waals surface area contributed by atoms with Crippen LogP contribution < -0.4 is 10.6 Å². The number of hydrogen-bond acceptors (Lipinski definition) is 5. The summed E-state index contributed by atoms with van der Waals surface area (Å²) in [6, 6.07) is 8.07. The Kier molecular flexibility index (Phi) is 4.07. The normalized spacial score (nSPS) is 10.9. The molecular weight excluding hydrogens is 264 g/mol. The van der Waals surface area contributed by atoms with Gasteiger partial charge in [-0.1, -0.05) is 12.1 Å². The predicted molar refractivity (Wildman–Crippen MR) is 83.1 cm³/mol. The van der Waals surface area contributed by atoms with Gasteiger partial charge in [-0.05, 0) is 12.1 Å². The van der Waals surface area contributed by atoms with Crippen LogP contribution in [0.15, 0.2) is 36.7 Å². The summed E-state index contributed by atoms with van der Waals surface area (Å²) in [5.41, 5.74) is 3.17. The number of benzene rings is 1. The molecule has 108 valence electrons. The van der Waals surface area contributed by atoms with E-state index in [0.717, 1.165) is 41.9 Å². The molecule has 2 aromatic heterocycles. The Balaban J connectivity index is 1.49. The molecule has 0 aliphatic rings. The Morgan fingerprint density at radius 3 is 2.71 bits per heavy atom. The van der Waals surface area contributed by atoms with Gasteiger partial charge in [0.25, 0.3) is 0 Å². The van der Waals surface area contributed by atoms with Crippen molar-refractivity contribution in [2.75, 3.05) is 18.9 Å². The number of aromatic amines is 1. The molecule has 0 spiro atoms. The molecule has 0 unspecified atom stereocenters. The minimum atomic E-state index is 0.640. The molecule has 6 nitrogen and oxygen atoms in total. The lowest BCUT2D eigenvalue weighted by Crippen LogP contribution is -2.17. The number of hydrogen-bond donors (Lipinski definition) is 3. The molecule has 3 N–H and O–H groups in total. The Labute approximate surface area is 123 Å². The second kappa shape index (κ2) is 6.32. The van der Waals surface area contributed by atoms with Crippen molar-refractivity contribution in [3.05, 3.63) is 48.0 Å².